The van der Waals surface area contributed by atoms with Gasteiger partial charge >= 0.3 is 5.97 Å². The molecule has 154 valence electrons. The maximum atomic E-state index is 12.8. The van der Waals surface area contributed by atoms with Gasteiger partial charge in [-0.25, -0.2) is 9.78 Å². The Hall–Kier alpha value is -3.07. The zero-order valence-corrected chi connectivity index (χ0v) is 17.9. The number of aromatic nitrogens is 2. The predicted molar refractivity (Wildman–Crippen MR) is 110 cm³/mol. The second-order valence-corrected chi connectivity index (χ2v) is 7.57. The molecule has 1 atom stereocenters. The number of aromatic amines is 1. The van der Waals surface area contributed by atoms with E-state index in [9.17, 15) is 9.59 Å². The van der Waals surface area contributed by atoms with Crippen LogP contribution in [0.3, 0.4) is 0 Å². The van der Waals surface area contributed by atoms with E-state index < -0.39 is 12.1 Å². The third-order valence-electron chi connectivity index (χ3n) is 4.65. The molecule has 0 saturated heterocycles. The topological polar surface area (TPSA) is 99.7 Å². The SMILES string of the molecule is COc1cc(OC)c(C(=O)OC(C)c2nc3sc(C)c(C)c3c(=O)[nH]2)cc1OC. The molecule has 3 rings (SSSR count). The van der Waals surface area contributed by atoms with Crippen LogP contribution in [0.25, 0.3) is 10.2 Å². The molecule has 0 amide bonds. The molecule has 29 heavy (non-hydrogen) atoms. The van der Waals surface area contributed by atoms with E-state index in [1.165, 1.54) is 38.7 Å². The zero-order chi connectivity index (χ0) is 21.3. The monoisotopic (exact) mass is 418 g/mol. The predicted octanol–water partition coefficient (Wildman–Crippen LogP) is 3.55. The number of esters is 1. The van der Waals surface area contributed by atoms with Crippen molar-refractivity contribution in [3.05, 3.63) is 44.3 Å². The molecule has 0 spiro atoms. The number of hydrogen-bond acceptors (Lipinski definition) is 8. The first-order chi connectivity index (χ1) is 13.8. The van der Waals surface area contributed by atoms with Crippen molar-refractivity contribution in [3.63, 3.8) is 0 Å². The molecule has 1 N–H and O–H groups in total. The second kappa shape index (κ2) is 8.12. The third kappa shape index (κ3) is 3.77. The Morgan fingerprint density at radius 1 is 1.07 bits per heavy atom. The van der Waals surface area contributed by atoms with Gasteiger partial charge in [-0.1, -0.05) is 0 Å². The van der Waals surface area contributed by atoms with Crippen LogP contribution in [0.4, 0.5) is 0 Å². The van der Waals surface area contributed by atoms with Crippen LogP contribution in [0.15, 0.2) is 16.9 Å². The van der Waals surface area contributed by atoms with Crippen molar-refractivity contribution in [1.29, 1.82) is 0 Å². The molecule has 0 fully saturated rings. The molecule has 9 heteroatoms. The van der Waals surface area contributed by atoms with Crippen molar-refractivity contribution in [2.45, 2.75) is 26.9 Å². The van der Waals surface area contributed by atoms with Crippen LogP contribution < -0.4 is 19.8 Å². The molecule has 2 heterocycles. The number of methoxy groups -OCH3 is 3. The van der Waals surface area contributed by atoms with Crippen LogP contribution in [0.5, 0.6) is 17.2 Å². The van der Waals surface area contributed by atoms with E-state index in [2.05, 4.69) is 9.97 Å². The summed E-state index contributed by atoms with van der Waals surface area (Å²) in [5, 5.41) is 0.566. The first kappa shape index (κ1) is 20.7. The number of carbonyl (C=O) groups is 1. The number of thiophene rings is 1. The number of nitrogens with one attached hydrogen (secondary N) is 1. The van der Waals surface area contributed by atoms with Gasteiger partial charge in [0.05, 0.1) is 26.7 Å². The summed E-state index contributed by atoms with van der Waals surface area (Å²) in [5.41, 5.74) is 0.826. The van der Waals surface area contributed by atoms with Crippen molar-refractivity contribution in [3.8, 4) is 17.2 Å². The Morgan fingerprint density at radius 3 is 2.31 bits per heavy atom. The summed E-state index contributed by atoms with van der Waals surface area (Å²) in [7, 11) is 4.40. The summed E-state index contributed by atoms with van der Waals surface area (Å²) >= 11 is 1.43. The molecule has 8 nitrogen and oxygen atoms in total. The molecule has 1 aromatic carbocycles. The number of H-pyrrole nitrogens is 1. The molecule has 0 aliphatic carbocycles. The van der Waals surface area contributed by atoms with Crippen LogP contribution in [0.2, 0.25) is 0 Å². The third-order valence-corrected chi connectivity index (χ3v) is 5.75. The minimum absolute atomic E-state index is 0.170. The Balaban J connectivity index is 1.93. The summed E-state index contributed by atoms with van der Waals surface area (Å²) in [4.78, 5) is 34.1. The van der Waals surface area contributed by atoms with E-state index >= 15 is 0 Å². The normalized spacial score (nSPS) is 11.9. The fraction of sp³-hybridized carbons (Fsp3) is 0.350. The minimum atomic E-state index is -0.778. The Morgan fingerprint density at radius 2 is 1.69 bits per heavy atom. The van der Waals surface area contributed by atoms with E-state index in [1.54, 1.807) is 13.0 Å². The van der Waals surface area contributed by atoms with E-state index in [1.807, 2.05) is 13.8 Å². The average Bonchev–Trinajstić information content (AvgIpc) is 3.00. The number of nitrogens with zero attached hydrogens (tertiary/aromatic N) is 1. The lowest BCUT2D eigenvalue weighted by molar-refractivity contribution is 0.0316. The van der Waals surface area contributed by atoms with Crippen molar-refractivity contribution >= 4 is 27.5 Å². The first-order valence-electron chi connectivity index (χ1n) is 8.81. The van der Waals surface area contributed by atoms with Crippen LogP contribution in [-0.4, -0.2) is 37.3 Å². The Kier molecular flexibility index (Phi) is 5.78. The Bertz CT molecular complexity index is 1130. The van der Waals surface area contributed by atoms with Crippen LogP contribution >= 0.6 is 11.3 Å². The van der Waals surface area contributed by atoms with E-state index in [0.717, 1.165) is 10.4 Å². The number of carbonyl (C=O) groups excluding carboxylic acids is 1. The molecule has 0 radical (unpaired) electrons. The van der Waals surface area contributed by atoms with Crippen molar-refractivity contribution in [2.75, 3.05) is 21.3 Å². The molecular formula is C20H22N2O6S. The maximum absolute atomic E-state index is 12.8. The summed E-state index contributed by atoms with van der Waals surface area (Å²) in [6, 6.07) is 3.03. The largest absolute Gasteiger partial charge is 0.496 e. The summed E-state index contributed by atoms with van der Waals surface area (Å²) in [6.07, 6.45) is -0.778. The highest BCUT2D eigenvalue weighted by atomic mass is 32.1. The molecule has 0 aliphatic rings. The minimum Gasteiger partial charge on any atom is -0.496 e. The quantitative estimate of drug-likeness (QED) is 0.611. The standard InChI is InChI=1S/C20H22N2O6S/c1-9-11(3)29-19-16(9)18(23)21-17(22-19)10(2)28-20(24)12-7-14(26-5)15(27-6)8-13(12)25-4/h7-8,10H,1-6H3,(H,21,22,23). The number of ether oxygens (including phenoxy) is 4. The number of rotatable bonds is 6. The Labute approximate surface area is 171 Å². The number of benzene rings is 1. The average molecular weight is 418 g/mol. The van der Waals surface area contributed by atoms with Gasteiger partial charge in [-0.2, -0.15) is 0 Å². The lowest BCUT2D eigenvalue weighted by Gasteiger charge is -2.16. The second-order valence-electron chi connectivity index (χ2n) is 6.37. The molecule has 0 aliphatic heterocycles. The van der Waals surface area contributed by atoms with Crippen LogP contribution in [0, 0.1) is 13.8 Å². The van der Waals surface area contributed by atoms with E-state index in [4.69, 9.17) is 18.9 Å². The first-order valence-corrected chi connectivity index (χ1v) is 9.63. The van der Waals surface area contributed by atoms with Crippen molar-refractivity contribution < 1.29 is 23.7 Å². The summed E-state index contributed by atoms with van der Waals surface area (Å²) in [6.45, 7) is 5.47. The number of aryl methyl sites for hydroxylation is 2. The summed E-state index contributed by atoms with van der Waals surface area (Å²) in [5.74, 6) is 0.702. The highest BCUT2D eigenvalue weighted by molar-refractivity contribution is 7.18. The van der Waals surface area contributed by atoms with Crippen LogP contribution in [-0.2, 0) is 4.74 Å². The maximum Gasteiger partial charge on any atom is 0.342 e. The number of fused-ring (bicyclic) bond motifs is 1. The lowest BCUT2D eigenvalue weighted by atomic mass is 10.1. The summed E-state index contributed by atoms with van der Waals surface area (Å²) < 4.78 is 21.3. The highest BCUT2D eigenvalue weighted by Crippen LogP contribution is 2.35. The van der Waals surface area contributed by atoms with Gasteiger partial charge < -0.3 is 23.9 Å². The van der Waals surface area contributed by atoms with Gasteiger partial charge in [0.1, 0.15) is 16.1 Å². The molecular weight excluding hydrogens is 396 g/mol. The fourth-order valence-corrected chi connectivity index (χ4v) is 3.97. The fourth-order valence-electron chi connectivity index (χ4n) is 2.93. The number of hydrogen-bond donors (Lipinski definition) is 1. The van der Waals surface area contributed by atoms with Gasteiger partial charge in [0.2, 0.25) is 0 Å². The lowest BCUT2D eigenvalue weighted by Crippen LogP contribution is -2.17. The van der Waals surface area contributed by atoms with Gasteiger partial charge in [-0.15, -0.1) is 11.3 Å². The molecule has 0 saturated carbocycles. The van der Waals surface area contributed by atoms with Crippen molar-refractivity contribution in [1.82, 2.24) is 9.97 Å². The van der Waals surface area contributed by atoms with Crippen molar-refractivity contribution in [2.24, 2.45) is 0 Å². The van der Waals surface area contributed by atoms with Gasteiger partial charge in [0, 0.05) is 17.0 Å². The van der Waals surface area contributed by atoms with E-state index in [-0.39, 0.29) is 22.7 Å². The van der Waals surface area contributed by atoms with Gasteiger partial charge in [0.25, 0.3) is 5.56 Å². The highest BCUT2D eigenvalue weighted by Gasteiger charge is 2.23. The van der Waals surface area contributed by atoms with E-state index in [0.29, 0.717) is 21.7 Å². The zero-order valence-electron chi connectivity index (χ0n) is 17.0. The van der Waals surface area contributed by atoms with Gasteiger partial charge in [-0.05, 0) is 26.3 Å². The molecule has 1 unspecified atom stereocenters. The van der Waals surface area contributed by atoms with Gasteiger partial charge in [0.15, 0.2) is 23.4 Å². The van der Waals surface area contributed by atoms with Gasteiger partial charge in [-0.3, -0.25) is 4.79 Å². The van der Waals surface area contributed by atoms with Crippen LogP contribution in [0.1, 0.15) is 39.7 Å². The molecule has 2 aromatic heterocycles. The molecule has 3 aromatic rings. The smallest absolute Gasteiger partial charge is 0.342 e. The molecule has 0 bridgehead atoms.